The van der Waals surface area contributed by atoms with Crippen molar-refractivity contribution in [3.63, 3.8) is 0 Å². The summed E-state index contributed by atoms with van der Waals surface area (Å²) in [6.07, 6.45) is 1.26. The highest BCUT2D eigenvalue weighted by molar-refractivity contribution is 7.80. The lowest BCUT2D eigenvalue weighted by Gasteiger charge is -2.35. The van der Waals surface area contributed by atoms with E-state index in [-0.39, 0.29) is 12.0 Å². The van der Waals surface area contributed by atoms with E-state index < -0.39 is 16.9 Å². The maximum atomic E-state index is 12.2. The molecule has 1 amide bonds. The summed E-state index contributed by atoms with van der Waals surface area (Å²) in [7, 11) is 0. The summed E-state index contributed by atoms with van der Waals surface area (Å²) in [5, 5.41) is 1.99. The molecule has 0 aromatic heterocycles. The molecule has 1 heterocycles. The fraction of sp³-hybridized carbons (Fsp3) is 0.476. The molecule has 3 rings (SSSR count). The number of carbonyl (C=O) groups is 1. The summed E-state index contributed by atoms with van der Waals surface area (Å²) in [4.78, 5) is 13.9. The van der Waals surface area contributed by atoms with Crippen molar-refractivity contribution in [1.82, 2.24) is 4.90 Å². The molecule has 152 valence electrons. The second-order valence-electron chi connectivity index (χ2n) is 8.20. The molecular formula is C21H28N2O4S. The number of carbonyl (C=O) groups excluding carboxylic acids is 1. The fourth-order valence-electron chi connectivity index (χ4n) is 3.53. The van der Waals surface area contributed by atoms with Gasteiger partial charge in [-0.25, -0.2) is 9.00 Å². The van der Waals surface area contributed by atoms with Crippen molar-refractivity contribution in [2.75, 3.05) is 23.9 Å². The molecule has 7 heteroatoms. The van der Waals surface area contributed by atoms with E-state index in [4.69, 9.17) is 4.74 Å². The highest BCUT2D eigenvalue weighted by atomic mass is 32.2. The lowest BCUT2D eigenvalue weighted by atomic mass is 9.96. The van der Waals surface area contributed by atoms with Crippen molar-refractivity contribution >= 4 is 33.8 Å². The monoisotopic (exact) mass is 404 g/mol. The van der Waals surface area contributed by atoms with Gasteiger partial charge in [0.25, 0.3) is 11.3 Å². The second kappa shape index (κ2) is 8.49. The number of hydrogen-bond acceptors (Lipinski definition) is 3. The van der Waals surface area contributed by atoms with Gasteiger partial charge in [0.2, 0.25) is 0 Å². The largest absolute Gasteiger partial charge is 0.444 e. The first kappa shape index (κ1) is 20.6. The van der Waals surface area contributed by atoms with Gasteiger partial charge in [0.1, 0.15) is 5.60 Å². The van der Waals surface area contributed by atoms with Crippen molar-refractivity contribution in [2.45, 2.75) is 39.2 Å². The molecule has 1 aliphatic heterocycles. The van der Waals surface area contributed by atoms with Crippen LogP contribution in [0.15, 0.2) is 42.5 Å². The van der Waals surface area contributed by atoms with Crippen molar-refractivity contribution < 1.29 is 18.3 Å². The molecule has 0 spiro atoms. The number of likely N-dealkylation sites (tertiary alicyclic amines) is 1. The summed E-state index contributed by atoms with van der Waals surface area (Å²) in [6, 6.07) is 13.6. The minimum Gasteiger partial charge on any atom is -0.444 e. The number of rotatable bonds is 4. The molecule has 0 bridgehead atoms. The predicted octanol–water partition coefficient (Wildman–Crippen LogP) is 4.43. The van der Waals surface area contributed by atoms with E-state index in [0.717, 1.165) is 29.3 Å². The van der Waals surface area contributed by atoms with E-state index in [2.05, 4.69) is 0 Å². The third-order valence-electron chi connectivity index (χ3n) is 4.91. The number of hydrogen-bond donors (Lipinski definition) is 1. The van der Waals surface area contributed by atoms with Crippen LogP contribution in [-0.4, -0.2) is 45.0 Å². The third-order valence-corrected chi connectivity index (χ3v) is 5.64. The third kappa shape index (κ3) is 5.02. The molecule has 1 N–H and O–H groups in total. The molecule has 6 nitrogen and oxygen atoms in total. The average molecular weight is 405 g/mol. The first-order valence-electron chi connectivity index (χ1n) is 9.59. The summed E-state index contributed by atoms with van der Waals surface area (Å²) >= 11 is -2.11. The summed E-state index contributed by atoms with van der Waals surface area (Å²) < 4.78 is 29.0. The molecule has 0 saturated carbocycles. The Balaban J connectivity index is 1.68. The number of fused-ring (bicyclic) bond motifs is 1. The van der Waals surface area contributed by atoms with Gasteiger partial charge < -0.3 is 9.64 Å². The fourth-order valence-corrected chi connectivity index (χ4v) is 4.20. The molecule has 0 aliphatic carbocycles. The molecule has 2 aromatic carbocycles. The molecule has 28 heavy (non-hydrogen) atoms. The van der Waals surface area contributed by atoms with Crippen LogP contribution in [0.3, 0.4) is 0 Å². The van der Waals surface area contributed by atoms with Gasteiger partial charge in [0.15, 0.2) is 0 Å². The summed E-state index contributed by atoms with van der Waals surface area (Å²) in [5.74, 6) is 0.230. The van der Waals surface area contributed by atoms with E-state index in [1.54, 1.807) is 9.21 Å². The molecule has 1 fully saturated rings. The zero-order valence-corrected chi connectivity index (χ0v) is 17.4. The Hall–Kier alpha value is -2.12. The molecule has 0 radical (unpaired) electrons. The molecule has 1 aliphatic rings. The van der Waals surface area contributed by atoms with Gasteiger partial charge in [0, 0.05) is 25.0 Å². The van der Waals surface area contributed by atoms with E-state index in [0.29, 0.717) is 19.6 Å². The first-order chi connectivity index (χ1) is 13.2. The maximum absolute atomic E-state index is 12.2. The van der Waals surface area contributed by atoms with Crippen molar-refractivity contribution in [1.29, 1.82) is 0 Å². The minimum absolute atomic E-state index is 0.230. The van der Waals surface area contributed by atoms with Crippen LogP contribution in [0.1, 0.15) is 33.6 Å². The highest BCUT2D eigenvalue weighted by Crippen LogP contribution is 2.30. The van der Waals surface area contributed by atoms with E-state index in [1.807, 2.05) is 63.2 Å². The number of ether oxygens (including phenoxy) is 1. The van der Waals surface area contributed by atoms with E-state index >= 15 is 0 Å². The Morgan fingerprint density at radius 2 is 1.82 bits per heavy atom. The van der Waals surface area contributed by atoms with Crippen LogP contribution >= 0.6 is 0 Å². The molecule has 1 unspecified atom stereocenters. The topological polar surface area (TPSA) is 70.1 Å². The van der Waals surface area contributed by atoms with Gasteiger partial charge in [0.05, 0.1) is 5.69 Å². The minimum atomic E-state index is -2.11. The molecule has 1 saturated heterocycles. The van der Waals surface area contributed by atoms with Crippen molar-refractivity contribution in [2.24, 2.45) is 5.92 Å². The van der Waals surface area contributed by atoms with Crippen molar-refractivity contribution in [3.8, 4) is 0 Å². The van der Waals surface area contributed by atoms with Crippen molar-refractivity contribution in [3.05, 3.63) is 42.5 Å². The van der Waals surface area contributed by atoms with Gasteiger partial charge in [-0.3, -0.25) is 8.86 Å². The Morgan fingerprint density at radius 1 is 1.18 bits per heavy atom. The van der Waals surface area contributed by atoms with Crippen LogP contribution in [0.4, 0.5) is 10.5 Å². The zero-order valence-electron chi connectivity index (χ0n) is 16.6. The number of amides is 1. The van der Waals surface area contributed by atoms with E-state index in [1.165, 1.54) is 0 Å². The van der Waals surface area contributed by atoms with Gasteiger partial charge in [-0.05, 0) is 51.0 Å². The number of benzene rings is 2. The number of piperidine rings is 1. The smallest absolute Gasteiger partial charge is 0.410 e. The SMILES string of the molecule is CC(C)(C)OC(=O)N1CCC(CN(c2cccc3ccccc23)S(=O)O)CC1. The van der Waals surface area contributed by atoms with Crippen LogP contribution < -0.4 is 4.31 Å². The molecule has 2 aromatic rings. The first-order valence-corrected chi connectivity index (χ1v) is 10.6. The summed E-state index contributed by atoms with van der Waals surface area (Å²) in [6.45, 7) is 7.24. The van der Waals surface area contributed by atoms with E-state index in [9.17, 15) is 13.6 Å². The normalized spacial score (nSPS) is 16.8. The Labute approximate surface area is 168 Å². The summed E-state index contributed by atoms with van der Waals surface area (Å²) in [5.41, 5.74) is 0.251. The second-order valence-corrected chi connectivity index (χ2v) is 9.10. The van der Waals surface area contributed by atoms with Gasteiger partial charge in [-0.15, -0.1) is 0 Å². The highest BCUT2D eigenvalue weighted by Gasteiger charge is 2.29. The number of nitrogens with zero attached hydrogens (tertiary/aromatic N) is 2. The Kier molecular flexibility index (Phi) is 6.25. The molecule has 1 atom stereocenters. The maximum Gasteiger partial charge on any atom is 0.410 e. The standard InChI is InChI=1S/C21H28N2O4S/c1-21(2,3)27-20(24)22-13-11-16(12-14-22)15-23(28(25)26)19-10-6-8-17-7-4-5-9-18(17)19/h4-10,16H,11-15H2,1-3H3,(H,25,26). The lowest BCUT2D eigenvalue weighted by molar-refractivity contribution is 0.0187. The van der Waals surface area contributed by atoms with Crippen LogP contribution in [0.5, 0.6) is 0 Å². The lowest BCUT2D eigenvalue weighted by Crippen LogP contribution is -2.44. The quantitative estimate of drug-likeness (QED) is 0.766. The predicted molar refractivity (Wildman–Crippen MR) is 113 cm³/mol. The van der Waals surface area contributed by atoms with Crippen LogP contribution in [0, 0.1) is 5.92 Å². The Morgan fingerprint density at radius 3 is 2.46 bits per heavy atom. The number of anilines is 1. The average Bonchev–Trinajstić information content (AvgIpc) is 2.64. The van der Waals surface area contributed by atoms with Crippen LogP contribution in [0.25, 0.3) is 10.8 Å². The van der Waals surface area contributed by atoms with Crippen LogP contribution in [0.2, 0.25) is 0 Å². The van der Waals surface area contributed by atoms with Gasteiger partial charge in [-0.1, -0.05) is 36.4 Å². The molecular weight excluding hydrogens is 376 g/mol. The van der Waals surface area contributed by atoms with Crippen LogP contribution in [-0.2, 0) is 16.0 Å². The van der Waals surface area contributed by atoms with Gasteiger partial charge >= 0.3 is 6.09 Å². The van der Waals surface area contributed by atoms with Gasteiger partial charge in [-0.2, -0.15) is 0 Å². The Bertz CT molecular complexity index is 852. The zero-order chi connectivity index (χ0) is 20.3.